The molecular formula is C17H22N4O2. The van der Waals surface area contributed by atoms with Crippen LogP contribution in [0, 0.1) is 0 Å². The van der Waals surface area contributed by atoms with Gasteiger partial charge in [0.2, 0.25) is 5.95 Å². The molecule has 0 aliphatic carbocycles. The Morgan fingerprint density at radius 1 is 1.26 bits per heavy atom. The molecule has 1 aromatic carbocycles. The normalized spacial score (nSPS) is 14.6. The minimum atomic E-state index is 0.729. The van der Waals surface area contributed by atoms with Crippen molar-refractivity contribution in [1.82, 2.24) is 9.97 Å². The van der Waals surface area contributed by atoms with Gasteiger partial charge >= 0.3 is 0 Å². The third kappa shape index (κ3) is 3.90. The lowest BCUT2D eigenvalue weighted by molar-refractivity contribution is 0.122. The quantitative estimate of drug-likeness (QED) is 0.841. The number of methoxy groups -OCH3 is 1. The highest BCUT2D eigenvalue weighted by molar-refractivity contribution is 5.44. The van der Waals surface area contributed by atoms with Crippen molar-refractivity contribution in [3.63, 3.8) is 0 Å². The average molecular weight is 314 g/mol. The Kier molecular flexibility index (Phi) is 4.92. The van der Waals surface area contributed by atoms with E-state index in [0.717, 1.165) is 50.4 Å². The molecule has 2 aromatic rings. The molecule has 0 spiro atoms. The van der Waals surface area contributed by atoms with Crippen LogP contribution in [0.25, 0.3) is 0 Å². The maximum Gasteiger partial charge on any atom is 0.227 e. The van der Waals surface area contributed by atoms with Crippen molar-refractivity contribution >= 4 is 11.8 Å². The molecule has 1 aliphatic rings. The molecule has 2 heterocycles. The highest BCUT2D eigenvalue weighted by Crippen LogP contribution is 2.19. The van der Waals surface area contributed by atoms with E-state index < -0.39 is 0 Å². The molecule has 0 radical (unpaired) electrons. The first-order chi connectivity index (χ1) is 11.3. The van der Waals surface area contributed by atoms with Gasteiger partial charge in [-0.2, -0.15) is 4.98 Å². The number of rotatable bonds is 5. The molecule has 0 unspecified atom stereocenters. The van der Waals surface area contributed by atoms with Crippen molar-refractivity contribution in [3.8, 4) is 5.75 Å². The lowest BCUT2D eigenvalue weighted by Crippen LogP contribution is -2.37. The summed E-state index contributed by atoms with van der Waals surface area (Å²) in [5, 5.41) is 0. The van der Waals surface area contributed by atoms with Gasteiger partial charge in [0.1, 0.15) is 11.6 Å². The first-order valence-corrected chi connectivity index (χ1v) is 7.76. The summed E-state index contributed by atoms with van der Waals surface area (Å²) in [5.41, 5.74) is 1.18. The smallest absolute Gasteiger partial charge is 0.227 e. The highest BCUT2D eigenvalue weighted by atomic mass is 16.5. The number of anilines is 2. The number of benzene rings is 1. The van der Waals surface area contributed by atoms with Gasteiger partial charge in [0.25, 0.3) is 0 Å². The number of hydrogen-bond donors (Lipinski definition) is 0. The molecule has 0 atom stereocenters. The fourth-order valence-corrected chi connectivity index (χ4v) is 2.59. The van der Waals surface area contributed by atoms with Crippen LogP contribution in [0.3, 0.4) is 0 Å². The largest absolute Gasteiger partial charge is 0.497 e. The van der Waals surface area contributed by atoms with E-state index in [0.29, 0.717) is 0 Å². The van der Waals surface area contributed by atoms with Gasteiger partial charge in [-0.1, -0.05) is 12.1 Å². The van der Waals surface area contributed by atoms with E-state index in [1.54, 1.807) is 7.11 Å². The number of morpholine rings is 1. The molecule has 1 fully saturated rings. The Bertz CT molecular complexity index is 644. The zero-order chi connectivity index (χ0) is 16.1. The highest BCUT2D eigenvalue weighted by Gasteiger charge is 2.15. The van der Waals surface area contributed by atoms with Crippen LogP contribution in [-0.2, 0) is 11.3 Å². The van der Waals surface area contributed by atoms with Crippen molar-refractivity contribution in [1.29, 1.82) is 0 Å². The van der Waals surface area contributed by atoms with Crippen LogP contribution in [0.4, 0.5) is 11.8 Å². The molecule has 6 heteroatoms. The number of ether oxygens (including phenoxy) is 2. The van der Waals surface area contributed by atoms with Crippen molar-refractivity contribution < 1.29 is 9.47 Å². The first-order valence-electron chi connectivity index (χ1n) is 7.76. The maximum absolute atomic E-state index is 5.38. The van der Waals surface area contributed by atoms with Gasteiger partial charge in [-0.05, 0) is 23.8 Å². The van der Waals surface area contributed by atoms with Gasteiger partial charge in [0.15, 0.2) is 0 Å². The van der Waals surface area contributed by atoms with E-state index in [2.05, 4.69) is 25.8 Å². The van der Waals surface area contributed by atoms with Gasteiger partial charge in [0.05, 0.1) is 20.3 Å². The standard InChI is InChI=1S/C17H22N4O2/c1-20(13-14-4-3-5-15(12-14)22-2)16-6-7-18-17(19-16)21-8-10-23-11-9-21/h3-7,12H,8-11,13H2,1-2H3. The second kappa shape index (κ2) is 7.28. The minimum Gasteiger partial charge on any atom is -0.497 e. The van der Waals surface area contributed by atoms with E-state index in [1.165, 1.54) is 5.56 Å². The lowest BCUT2D eigenvalue weighted by atomic mass is 10.2. The van der Waals surface area contributed by atoms with Crippen LogP contribution >= 0.6 is 0 Å². The number of aromatic nitrogens is 2. The van der Waals surface area contributed by atoms with Crippen molar-refractivity contribution in [2.24, 2.45) is 0 Å². The number of nitrogens with zero attached hydrogens (tertiary/aromatic N) is 4. The summed E-state index contributed by atoms with van der Waals surface area (Å²) in [6.45, 7) is 3.89. The van der Waals surface area contributed by atoms with Crippen LogP contribution in [0.2, 0.25) is 0 Å². The summed E-state index contributed by atoms with van der Waals surface area (Å²) < 4.78 is 10.7. The Morgan fingerprint density at radius 2 is 2.09 bits per heavy atom. The fraction of sp³-hybridized carbons (Fsp3) is 0.412. The van der Waals surface area contributed by atoms with Crippen molar-refractivity contribution in [2.45, 2.75) is 6.54 Å². The summed E-state index contributed by atoms with van der Waals surface area (Å²) in [6, 6.07) is 10.0. The summed E-state index contributed by atoms with van der Waals surface area (Å²) in [7, 11) is 3.72. The molecule has 1 aromatic heterocycles. The van der Waals surface area contributed by atoms with E-state index in [9.17, 15) is 0 Å². The summed E-state index contributed by atoms with van der Waals surface area (Å²) in [5.74, 6) is 2.54. The zero-order valence-corrected chi connectivity index (χ0v) is 13.6. The fourth-order valence-electron chi connectivity index (χ4n) is 2.59. The summed E-state index contributed by atoms with van der Waals surface area (Å²) in [4.78, 5) is 13.4. The predicted molar refractivity (Wildman–Crippen MR) is 90.2 cm³/mol. The third-order valence-corrected chi connectivity index (χ3v) is 3.87. The Balaban J connectivity index is 1.72. The molecule has 6 nitrogen and oxygen atoms in total. The molecule has 0 N–H and O–H groups in total. The van der Waals surface area contributed by atoms with E-state index in [4.69, 9.17) is 9.47 Å². The molecule has 1 aliphatic heterocycles. The Morgan fingerprint density at radius 3 is 2.87 bits per heavy atom. The van der Waals surface area contributed by atoms with Crippen LogP contribution < -0.4 is 14.5 Å². The second-order valence-electron chi connectivity index (χ2n) is 5.52. The summed E-state index contributed by atoms with van der Waals surface area (Å²) >= 11 is 0. The molecule has 3 rings (SSSR count). The predicted octanol–water partition coefficient (Wildman–Crippen LogP) is 1.96. The van der Waals surface area contributed by atoms with Gasteiger partial charge in [-0.25, -0.2) is 4.98 Å². The van der Waals surface area contributed by atoms with Crippen molar-refractivity contribution in [2.75, 3.05) is 50.3 Å². The van der Waals surface area contributed by atoms with Gasteiger partial charge in [0, 0.05) is 32.9 Å². The molecular weight excluding hydrogens is 292 g/mol. The number of hydrogen-bond acceptors (Lipinski definition) is 6. The molecule has 1 saturated heterocycles. The van der Waals surface area contributed by atoms with Crippen LogP contribution in [0.15, 0.2) is 36.5 Å². The van der Waals surface area contributed by atoms with Crippen LogP contribution in [0.5, 0.6) is 5.75 Å². The SMILES string of the molecule is COc1cccc(CN(C)c2ccnc(N3CCOCC3)n2)c1. The van der Waals surface area contributed by atoms with Gasteiger partial charge < -0.3 is 19.3 Å². The Labute approximate surface area is 136 Å². The minimum absolute atomic E-state index is 0.729. The third-order valence-electron chi connectivity index (χ3n) is 3.87. The molecule has 122 valence electrons. The molecule has 23 heavy (non-hydrogen) atoms. The van der Waals surface area contributed by atoms with Crippen molar-refractivity contribution in [3.05, 3.63) is 42.1 Å². The Hall–Kier alpha value is -2.34. The topological polar surface area (TPSA) is 50.7 Å². The van der Waals surface area contributed by atoms with E-state index >= 15 is 0 Å². The zero-order valence-electron chi connectivity index (χ0n) is 13.6. The first kappa shape index (κ1) is 15.6. The monoisotopic (exact) mass is 314 g/mol. The van der Waals surface area contributed by atoms with Gasteiger partial charge in [-0.3, -0.25) is 0 Å². The molecule has 0 bridgehead atoms. The van der Waals surface area contributed by atoms with E-state index in [1.807, 2.05) is 37.5 Å². The van der Waals surface area contributed by atoms with E-state index in [-0.39, 0.29) is 0 Å². The second-order valence-corrected chi connectivity index (χ2v) is 5.52. The summed E-state index contributed by atoms with van der Waals surface area (Å²) in [6.07, 6.45) is 1.81. The van der Waals surface area contributed by atoms with Crippen LogP contribution in [-0.4, -0.2) is 50.4 Å². The molecule has 0 saturated carbocycles. The van der Waals surface area contributed by atoms with Gasteiger partial charge in [-0.15, -0.1) is 0 Å². The molecule has 0 amide bonds. The van der Waals surface area contributed by atoms with Crippen LogP contribution in [0.1, 0.15) is 5.56 Å². The average Bonchev–Trinajstić information content (AvgIpc) is 2.63. The lowest BCUT2D eigenvalue weighted by Gasteiger charge is -2.27. The maximum atomic E-state index is 5.38.